The standard InChI is InChI=1S/C10H19N3.2ClH/c1-8-7-12-10(11)13(8)9-5-3-2-4-6-9;;/h8-9H,2-7H2,1H3,(H2,11,12);2*1H. The average Bonchev–Trinajstić information content (AvgIpc) is 2.48. The summed E-state index contributed by atoms with van der Waals surface area (Å²) in [5.74, 6) is 0.777. The molecule has 0 bridgehead atoms. The second kappa shape index (κ2) is 6.44. The molecule has 5 heteroatoms. The average molecular weight is 254 g/mol. The predicted octanol–water partition coefficient (Wildman–Crippen LogP) is 2.18. The zero-order valence-corrected chi connectivity index (χ0v) is 10.8. The van der Waals surface area contributed by atoms with Crippen LogP contribution in [0.4, 0.5) is 0 Å². The van der Waals surface area contributed by atoms with Gasteiger partial charge in [-0.3, -0.25) is 4.99 Å². The van der Waals surface area contributed by atoms with Crippen molar-refractivity contribution in [3.8, 4) is 0 Å². The maximum atomic E-state index is 5.88. The van der Waals surface area contributed by atoms with E-state index in [4.69, 9.17) is 5.73 Å². The van der Waals surface area contributed by atoms with E-state index >= 15 is 0 Å². The molecule has 3 nitrogen and oxygen atoms in total. The number of hydrogen-bond acceptors (Lipinski definition) is 3. The molecule has 1 unspecified atom stereocenters. The van der Waals surface area contributed by atoms with Crippen molar-refractivity contribution in [1.29, 1.82) is 0 Å². The molecule has 1 saturated carbocycles. The summed E-state index contributed by atoms with van der Waals surface area (Å²) in [5, 5.41) is 0. The van der Waals surface area contributed by atoms with Crippen molar-refractivity contribution in [2.45, 2.75) is 51.1 Å². The maximum Gasteiger partial charge on any atom is 0.191 e. The van der Waals surface area contributed by atoms with Gasteiger partial charge in [0.15, 0.2) is 5.96 Å². The second-order valence-corrected chi connectivity index (χ2v) is 4.25. The molecular weight excluding hydrogens is 233 g/mol. The van der Waals surface area contributed by atoms with E-state index in [2.05, 4.69) is 16.8 Å². The highest BCUT2D eigenvalue weighted by molar-refractivity contribution is 5.85. The van der Waals surface area contributed by atoms with Crippen molar-refractivity contribution < 1.29 is 0 Å². The Morgan fingerprint density at radius 3 is 2.27 bits per heavy atom. The predicted molar refractivity (Wildman–Crippen MR) is 69.2 cm³/mol. The van der Waals surface area contributed by atoms with Crippen molar-refractivity contribution in [1.82, 2.24) is 4.90 Å². The number of nitrogens with two attached hydrogens (primary N) is 1. The molecule has 90 valence electrons. The molecule has 0 aromatic rings. The zero-order chi connectivity index (χ0) is 9.26. The number of rotatable bonds is 1. The summed E-state index contributed by atoms with van der Waals surface area (Å²) >= 11 is 0. The van der Waals surface area contributed by atoms with Crippen LogP contribution in [0.15, 0.2) is 4.99 Å². The molecule has 0 radical (unpaired) electrons. The molecule has 0 aromatic carbocycles. The first-order chi connectivity index (χ1) is 6.29. The van der Waals surface area contributed by atoms with Crippen LogP contribution in [-0.4, -0.2) is 29.5 Å². The van der Waals surface area contributed by atoms with Crippen LogP contribution in [0.3, 0.4) is 0 Å². The van der Waals surface area contributed by atoms with Gasteiger partial charge in [-0.1, -0.05) is 19.3 Å². The molecule has 2 aliphatic rings. The van der Waals surface area contributed by atoms with Crippen molar-refractivity contribution in [3.63, 3.8) is 0 Å². The number of halogens is 2. The fourth-order valence-electron chi connectivity index (χ4n) is 2.53. The molecule has 2 N–H and O–H groups in total. The highest BCUT2D eigenvalue weighted by Crippen LogP contribution is 2.25. The molecule has 1 aliphatic heterocycles. The molecule has 0 amide bonds. The Labute approximate surface area is 104 Å². The smallest absolute Gasteiger partial charge is 0.191 e. The quantitative estimate of drug-likeness (QED) is 0.779. The Kier molecular flexibility index (Phi) is 6.37. The summed E-state index contributed by atoms with van der Waals surface area (Å²) in [6, 6.07) is 1.21. The number of aliphatic imine (C=N–C) groups is 1. The minimum Gasteiger partial charge on any atom is -0.370 e. The first-order valence-electron chi connectivity index (χ1n) is 5.37. The fourth-order valence-corrected chi connectivity index (χ4v) is 2.53. The monoisotopic (exact) mass is 253 g/mol. The highest BCUT2D eigenvalue weighted by atomic mass is 35.5. The Bertz CT molecular complexity index is 215. The normalized spacial score (nSPS) is 26.6. The van der Waals surface area contributed by atoms with Crippen LogP contribution in [0.1, 0.15) is 39.0 Å². The Hall–Kier alpha value is -0.150. The molecule has 0 aromatic heterocycles. The van der Waals surface area contributed by atoms with Gasteiger partial charge in [0.1, 0.15) is 0 Å². The molecule has 15 heavy (non-hydrogen) atoms. The number of hydrogen-bond donors (Lipinski definition) is 1. The maximum absolute atomic E-state index is 5.88. The van der Waals surface area contributed by atoms with Gasteiger partial charge in [-0.2, -0.15) is 0 Å². The third-order valence-electron chi connectivity index (χ3n) is 3.23. The van der Waals surface area contributed by atoms with Gasteiger partial charge in [0.05, 0.1) is 6.54 Å². The zero-order valence-electron chi connectivity index (χ0n) is 9.19. The summed E-state index contributed by atoms with van der Waals surface area (Å²) in [7, 11) is 0. The van der Waals surface area contributed by atoms with Gasteiger partial charge in [0, 0.05) is 12.1 Å². The topological polar surface area (TPSA) is 41.6 Å². The van der Waals surface area contributed by atoms with Gasteiger partial charge in [-0.05, 0) is 19.8 Å². The van der Waals surface area contributed by atoms with Crippen LogP contribution in [0.2, 0.25) is 0 Å². The van der Waals surface area contributed by atoms with Crippen LogP contribution < -0.4 is 5.73 Å². The second-order valence-electron chi connectivity index (χ2n) is 4.25. The fraction of sp³-hybridized carbons (Fsp3) is 0.900. The van der Waals surface area contributed by atoms with Gasteiger partial charge in [0.25, 0.3) is 0 Å². The van der Waals surface area contributed by atoms with Crippen molar-refractivity contribution in [3.05, 3.63) is 0 Å². The molecule has 1 atom stereocenters. The van der Waals surface area contributed by atoms with Gasteiger partial charge in [0.2, 0.25) is 0 Å². The van der Waals surface area contributed by atoms with Gasteiger partial charge in [-0.15, -0.1) is 24.8 Å². The van der Waals surface area contributed by atoms with E-state index in [1.165, 1.54) is 32.1 Å². The molecule has 1 fully saturated rings. The summed E-state index contributed by atoms with van der Waals surface area (Å²) < 4.78 is 0. The van der Waals surface area contributed by atoms with Gasteiger partial charge >= 0.3 is 0 Å². The molecule has 2 rings (SSSR count). The Balaban J connectivity index is 0.000000980. The van der Waals surface area contributed by atoms with Crippen molar-refractivity contribution >= 4 is 30.8 Å². The SMILES string of the molecule is CC1CN=C(N)N1C1CCCCC1.Cl.Cl. The lowest BCUT2D eigenvalue weighted by molar-refractivity contribution is 0.215. The third-order valence-corrected chi connectivity index (χ3v) is 3.23. The summed E-state index contributed by atoms with van der Waals surface area (Å²) in [6.45, 7) is 3.11. The van der Waals surface area contributed by atoms with Crippen LogP contribution in [0.25, 0.3) is 0 Å². The molecule has 1 aliphatic carbocycles. The lowest BCUT2D eigenvalue weighted by Gasteiger charge is -2.35. The molecular formula is C10H21Cl2N3. The van der Waals surface area contributed by atoms with E-state index in [-0.39, 0.29) is 24.8 Å². The van der Waals surface area contributed by atoms with E-state index in [0.717, 1.165) is 12.5 Å². The molecule has 0 spiro atoms. The van der Waals surface area contributed by atoms with E-state index in [1.54, 1.807) is 0 Å². The first kappa shape index (κ1) is 14.8. The lowest BCUT2D eigenvalue weighted by atomic mass is 9.94. The minimum atomic E-state index is 0. The first-order valence-corrected chi connectivity index (χ1v) is 5.37. The number of guanidine groups is 1. The van der Waals surface area contributed by atoms with E-state index in [9.17, 15) is 0 Å². The van der Waals surface area contributed by atoms with E-state index < -0.39 is 0 Å². The summed E-state index contributed by atoms with van der Waals surface area (Å²) in [6.07, 6.45) is 6.74. The molecule has 1 heterocycles. The van der Waals surface area contributed by atoms with Crippen LogP contribution >= 0.6 is 24.8 Å². The Morgan fingerprint density at radius 1 is 1.20 bits per heavy atom. The Morgan fingerprint density at radius 2 is 1.80 bits per heavy atom. The largest absolute Gasteiger partial charge is 0.370 e. The summed E-state index contributed by atoms with van der Waals surface area (Å²) in [5.41, 5.74) is 5.88. The minimum absolute atomic E-state index is 0. The van der Waals surface area contributed by atoms with Gasteiger partial charge < -0.3 is 10.6 Å². The lowest BCUT2D eigenvalue weighted by Crippen LogP contribution is -2.47. The third kappa shape index (κ3) is 3.15. The highest BCUT2D eigenvalue weighted by Gasteiger charge is 2.29. The van der Waals surface area contributed by atoms with E-state index in [1.807, 2.05) is 0 Å². The van der Waals surface area contributed by atoms with Crippen LogP contribution in [-0.2, 0) is 0 Å². The molecule has 0 saturated heterocycles. The van der Waals surface area contributed by atoms with Crippen molar-refractivity contribution in [2.75, 3.05) is 6.54 Å². The van der Waals surface area contributed by atoms with Crippen molar-refractivity contribution in [2.24, 2.45) is 10.7 Å². The number of nitrogens with zero attached hydrogens (tertiary/aromatic N) is 2. The van der Waals surface area contributed by atoms with Crippen LogP contribution in [0.5, 0.6) is 0 Å². The van der Waals surface area contributed by atoms with Gasteiger partial charge in [-0.25, -0.2) is 0 Å². The van der Waals surface area contributed by atoms with Crippen LogP contribution in [0, 0.1) is 0 Å². The van der Waals surface area contributed by atoms with E-state index in [0.29, 0.717) is 12.1 Å². The summed E-state index contributed by atoms with van der Waals surface area (Å²) in [4.78, 5) is 6.63.